The molecule has 0 bridgehead atoms. The SMILES string of the molecule is Cc1cc(NC(=O)CN(C)C(=O)Cc2c(F)cccc2Cl)no1. The Bertz CT molecular complexity index is 712. The van der Waals surface area contributed by atoms with Crippen LogP contribution in [0.25, 0.3) is 0 Å². The second kappa shape index (κ2) is 7.23. The molecule has 2 amide bonds. The van der Waals surface area contributed by atoms with Crippen LogP contribution in [-0.2, 0) is 16.0 Å². The van der Waals surface area contributed by atoms with Crippen molar-refractivity contribution >= 4 is 29.2 Å². The summed E-state index contributed by atoms with van der Waals surface area (Å²) in [6.07, 6.45) is -0.224. The lowest BCUT2D eigenvalue weighted by Crippen LogP contribution is -2.36. The molecule has 0 aliphatic carbocycles. The summed E-state index contributed by atoms with van der Waals surface area (Å²) >= 11 is 5.88. The molecule has 1 aromatic heterocycles. The summed E-state index contributed by atoms with van der Waals surface area (Å²) in [7, 11) is 1.45. The van der Waals surface area contributed by atoms with Gasteiger partial charge in [0.25, 0.3) is 0 Å². The monoisotopic (exact) mass is 339 g/mol. The minimum absolute atomic E-state index is 0.110. The number of likely N-dealkylation sites (N-methyl/N-ethyl adjacent to an activating group) is 1. The summed E-state index contributed by atoms with van der Waals surface area (Å²) in [5.41, 5.74) is 0.110. The minimum Gasteiger partial charge on any atom is -0.360 e. The van der Waals surface area contributed by atoms with E-state index in [-0.39, 0.29) is 29.4 Å². The van der Waals surface area contributed by atoms with Crippen molar-refractivity contribution in [2.45, 2.75) is 13.3 Å². The number of hydrogen-bond acceptors (Lipinski definition) is 4. The van der Waals surface area contributed by atoms with E-state index >= 15 is 0 Å². The van der Waals surface area contributed by atoms with Crippen LogP contribution < -0.4 is 5.32 Å². The van der Waals surface area contributed by atoms with Gasteiger partial charge < -0.3 is 14.7 Å². The highest BCUT2D eigenvalue weighted by Gasteiger charge is 2.17. The molecule has 0 aliphatic heterocycles. The zero-order valence-electron chi connectivity index (χ0n) is 12.6. The third kappa shape index (κ3) is 4.53. The van der Waals surface area contributed by atoms with Crippen LogP contribution in [0, 0.1) is 12.7 Å². The number of amides is 2. The number of carbonyl (C=O) groups is 2. The second-order valence-corrected chi connectivity index (χ2v) is 5.40. The maximum atomic E-state index is 13.7. The number of carbonyl (C=O) groups excluding carboxylic acids is 2. The van der Waals surface area contributed by atoms with Gasteiger partial charge in [-0.25, -0.2) is 4.39 Å². The Morgan fingerprint density at radius 2 is 2.17 bits per heavy atom. The van der Waals surface area contributed by atoms with E-state index in [9.17, 15) is 14.0 Å². The third-order valence-corrected chi connectivity index (χ3v) is 3.45. The van der Waals surface area contributed by atoms with E-state index in [1.54, 1.807) is 13.0 Å². The molecule has 0 saturated carbocycles. The van der Waals surface area contributed by atoms with Crippen LogP contribution in [0.5, 0.6) is 0 Å². The summed E-state index contributed by atoms with van der Waals surface area (Å²) in [4.78, 5) is 25.1. The number of aryl methyl sites for hydroxylation is 1. The molecular weight excluding hydrogens is 325 g/mol. The van der Waals surface area contributed by atoms with E-state index in [0.29, 0.717) is 5.76 Å². The fourth-order valence-corrected chi connectivity index (χ4v) is 2.13. The van der Waals surface area contributed by atoms with Gasteiger partial charge in [0.05, 0.1) is 13.0 Å². The Kier molecular flexibility index (Phi) is 5.33. The Morgan fingerprint density at radius 1 is 1.43 bits per heavy atom. The lowest BCUT2D eigenvalue weighted by molar-refractivity contribution is -0.132. The molecule has 0 atom stereocenters. The molecule has 0 fully saturated rings. The van der Waals surface area contributed by atoms with Crippen molar-refractivity contribution in [3.05, 3.63) is 46.4 Å². The highest BCUT2D eigenvalue weighted by atomic mass is 35.5. The van der Waals surface area contributed by atoms with E-state index in [0.717, 1.165) is 0 Å². The van der Waals surface area contributed by atoms with Crippen LogP contribution >= 0.6 is 11.6 Å². The van der Waals surface area contributed by atoms with Crippen LogP contribution in [0.1, 0.15) is 11.3 Å². The number of halogens is 2. The molecule has 0 aliphatic rings. The summed E-state index contributed by atoms with van der Waals surface area (Å²) in [5.74, 6) is -0.594. The number of hydrogen-bond donors (Lipinski definition) is 1. The average Bonchev–Trinajstić information content (AvgIpc) is 2.87. The summed E-state index contributed by atoms with van der Waals surface area (Å²) in [5, 5.41) is 6.29. The number of aromatic nitrogens is 1. The smallest absolute Gasteiger partial charge is 0.245 e. The molecule has 2 aromatic rings. The van der Waals surface area contributed by atoms with Crippen LogP contribution in [0.4, 0.5) is 10.2 Å². The first-order valence-electron chi connectivity index (χ1n) is 6.77. The minimum atomic E-state index is -0.554. The van der Waals surface area contributed by atoms with Crippen LogP contribution in [0.2, 0.25) is 5.02 Å². The molecule has 1 N–H and O–H groups in total. The molecule has 122 valence electrons. The largest absolute Gasteiger partial charge is 0.360 e. The second-order valence-electron chi connectivity index (χ2n) is 5.00. The molecule has 0 saturated heterocycles. The molecular formula is C15H15ClFN3O3. The number of rotatable bonds is 5. The molecule has 0 unspecified atom stereocenters. The molecule has 6 nitrogen and oxygen atoms in total. The lowest BCUT2D eigenvalue weighted by Gasteiger charge is -2.17. The van der Waals surface area contributed by atoms with Gasteiger partial charge in [0.15, 0.2) is 5.82 Å². The third-order valence-electron chi connectivity index (χ3n) is 3.09. The Labute approximate surface area is 137 Å². The first-order valence-corrected chi connectivity index (χ1v) is 7.14. The maximum absolute atomic E-state index is 13.7. The number of nitrogens with zero attached hydrogens (tertiary/aromatic N) is 2. The van der Waals surface area contributed by atoms with Gasteiger partial charge in [-0.2, -0.15) is 0 Å². The molecule has 1 aromatic carbocycles. The van der Waals surface area contributed by atoms with Crippen molar-refractivity contribution in [2.24, 2.45) is 0 Å². The summed E-state index contributed by atoms with van der Waals surface area (Å²) < 4.78 is 18.5. The molecule has 2 rings (SSSR count). The predicted molar refractivity (Wildman–Crippen MR) is 82.6 cm³/mol. The van der Waals surface area contributed by atoms with Gasteiger partial charge in [-0.3, -0.25) is 9.59 Å². The van der Waals surface area contributed by atoms with Crippen molar-refractivity contribution in [2.75, 3.05) is 18.9 Å². The topological polar surface area (TPSA) is 75.4 Å². The Morgan fingerprint density at radius 3 is 2.78 bits per heavy atom. The molecule has 1 heterocycles. The van der Waals surface area contributed by atoms with Crippen LogP contribution in [0.15, 0.2) is 28.8 Å². The predicted octanol–water partition coefficient (Wildman–Crippen LogP) is 2.42. The van der Waals surface area contributed by atoms with E-state index in [1.807, 2.05) is 0 Å². The number of anilines is 1. The molecule has 23 heavy (non-hydrogen) atoms. The first-order chi connectivity index (χ1) is 10.9. The van der Waals surface area contributed by atoms with Gasteiger partial charge in [0.1, 0.15) is 11.6 Å². The molecule has 0 spiro atoms. The fourth-order valence-electron chi connectivity index (χ4n) is 1.90. The summed E-state index contributed by atoms with van der Waals surface area (Å²) in [6.45, 7) is 1.49. The van der Waals surface area contributed by atoms with Crippen LogP contribution in [-0.4, -0.2) is 35.5 Å². The van der Waals surface area contributed by atoms with Crippen molar-refractivity contribution in [1.29, 1.82) is 0 Å². The highest BCUT2D eigenvalue weighted by Crippen LogP contribution is 2.20. The first kappa shape index (κ1) is 17.0. The number of benzene rings is 1. The van der Waals surface area contributed by atoms with E-state index < -0.39 is 17.6 Å². The van der Waals surface area contributed by atoms with Crippen molar-refractivity contribution in [1.82, 2.24) is 10.1 Å². The lowest BCUT2D eigenvalue weighted by atomic mass is 10.1. The summed E-state index contributed by atoms with van der Waals surface area (Å²) in [6, 6.07) is 5.75. The number of nitrogens with one attached hydrogen (secondary N) is 1. The Hall–Kier alpha value is -2.41. The van der Waals surface area contributed by atoms with Gasteiger partial charge in [0, 0.05) is 23.7 Å². The van der Waals surface area contributed by atoms with Gasteiger partial charge >= 0.3 is 0 Å². The van der Waals surface area contributed by atoms with E-state index in [2.05, 4.69) is 10.5 Å². The zero-order chi connectivity index (χ0) is 17.0. The highest BCUT2D eigenvalue weighted by molar-refractivity contribution is 6.31. The standard InChI is InChI=1S/C15H15ClFN3O3/c1-9-6-13(19-23-9)18-14(21)8-20(2)15(22)7-10-11(16)4-3-5-12(10)17/h3-6H,7-8H2,1-2H3,(H,18,19,21). The maximum Gasteiger partial charge on any atom is 0.245 e. The zero-order valence-corrected chi connectivity index (χ0v) is 13.4. The Balaban J connectivity index is 1.93. The molecule has 0 radical (unpaired) electrons. The van der Waals surface area contributed by atoms with Crippen LogP contribution in [0.3, 0.4) is 0 Å². The van der Waals surface area contributed by atoms with Gasteiger partial charge in [-0.1, -0.05) is 22.8 Å². The average molecular weight is 340 g/mol. The van der Waals surface area contributed by atoms with Crippen molar-refractivity contribution in [3.8, 4) is 0 Å². The van der Waals surface area contributed by atoms with E-state index in [4.69, 9.17) is 16.1 Å². The van der Waals surface area contributed by atoms with E-state index in [1.165, 1.54) is 30.1 Å². The van der Waals surface area contributed by atoms with Crippen molar-refractivity contribution < 1.29 is 18.5 Å². The molecule has 8 heteroatoms. The quantitative estimate of drug-likeness (QED) is 0.907. The fraction of sp³-hybridized carbons (Fsp3) is 0.267. The van der Waals surface area contributed by atoms with Gasteiger partial charge in [0.2, 0.25) is 11.8 Å². The van der Waals surface area contributed by atoms with Crippen molar-refractivity contribution in [3.63, 3.8) is 0 Å². The van der Waals surface area contributed by atoms with Gasteiger partial charge in [-0.15, -0.1) is 0 Å². The van der Waals surface area contributed by atoms with Gasteiger partial charge in [-0.05, 0) is 19.1 Å². The normalized spacial score (nSPS) is 10.4.